The van der Waals surface area contributed by atoms with Crippen LogP contribution in [0.15, 0.2) is 24.3 Å². The predicted molar refractivity (Wildman–Crippen MR) is 64.4 cm³/mol. The van der Waals surface area contributed by atoms with Crippen molar-refractivity contribution in [3.05, 3.63) is 44.9 Å². The molecule has 0 heterocycles. The van der Waals surface area contributed by atoms with Crippen LogP contribution in [0.4, 0.5) is 0 Å². The molecular weight excluding hydrogens is 254 g/mol. The van der Waals surface area contributed by atoms with Gasteiger partial charge in [-0.1, -0.05) is 40.9 Å². The Morgan fingerprint density at radius 1 is 1.00 bits per heavy atom. The van der Waals surface area contributed by atoms with Crippen LogP contribution in [0.2, 0.25) is 15.1 Å². The maximum absolute atomic E-state index is 10.7. The number of rotatable bonds is 1. The van der Waals surface area contributed by atoms with Crippen LogP contribution in [-0.2, 0) is 0 Å². The Kier molecular flexibility index (Phi) is 2.87. The third-order valence-electron chi connectivity index (χ3n) is 2.14. The van der Waals surface area contributed by atoms with Gasteiger partial charge in [-0.15, -0.1) is 0 Å². The first-order chi connectivity index (χ1) is 7.13. The molecule has 1 nitrogen and oxygen atoms in total. The van der Waals surface area contributed by atoms with Gasteiger partial charge in [0, 0.05) is 26.4 Å². The minimum absolute atomic E-state index is 0.372. The number of carbonyl (C=O) groups excluding carboxylic acids is 1. The number of carbonyl (C=O) groups is 1. The average Bonchev–Trinajstić information content (AvgIpc) is 2.23. The van der Waals surface area contributed by atoms with Crippen LogP contribution in [0.5, 0.6) is 0 Å². The molecule has 0 radical (unpaired) electrons. The number of benzene rings is 2. The average molecular weight is 260 g/mol. The fourth-order valence-corrected chi connectivity index (χ4v) is 2.14. The molecule has 0 spiro atoms. The van der Waals surface area contributed by atoms with Gasteiger partial charge in [-0.2, -0.15) is 0 Å². The van der Waals surface area contributed by atoms with Crippen molar-refractivity contribution < 1.29 is 4.79 Å². The van der Waals surface area contributed by atoms with Crippen molar-refractivity contribution in [2.45, 2.75) is 0 Å². The highest BCUT2D eigenvalue weighted by Crippen LogP contribution is 2.33. The lowest BCUT2D eigenvalue weighted by molar-refractivity contribution is 0.112. The molecule has 0 atom stereocenters. The second-order valence-corrected chi connectivity index (χ2v) is 4.29. The van der Waals surface area contributed by atoms with Crippen LogP contribution in [0, 0.1) is 0 Å². The Morgan fingerprint density at radius 3 is 2.40 bits per heavy atom. The van der Waals surface area contributed by atoms with Gasteiger partial charge in [-0.3, -0.25) is 4.79 Å². The molecule has 0 unspecified atom stereocenters. The highest BCUT2D eigenvalue weighted by atomic mass is 35.5. The molecule has 2 aromatic carbocycles. The Labute approximate surface area is 102 Å². The zero-order valence-corrected chi connectivity index (χ0v) is 9.70. The van der Waals surface area contributed by atoms with E-state index in [1.165, 1.54) is 0 Å². The van der Waals surface area contributed by atoms with Gasteiger partial charge < -0.3 is 0 Å². The lowest BCUT2D eigenvalue weighted by Crippen LogP contribution is -1.85. The molecule has 0 aliphatic rings. The summed E-state index contributed by atoms with van der Waals surface area (Å²) in [5, 5.41) is 2.92. The van der Waals surface area contributed by atoms with Gasteiger partial charge in [-0.25, -0.2) is 0 Å². The van der Waals surface area contributed by atoms with Gasteiger partial charge in [0.15, 0.2) is 6.29 Å². The summed E-state index contributed by atoms with van der Waals surface area (Å²) in [5.74, 6) is 0. The van der Waals surface area contributed by atoms with E-state index in [9.17, 15) is 4.79 Å². The second kappa shape index (κ2) is 4.01. The number of aldehydes is 1. The number of hydrogen-bond donors (Lipinski definition) is 0. The fraction of sp³-hybridized carbons (Fsp3) is 0. The van der Waals surface area contributed by atoms with Crippen molar-refractivity contribution in [3.63, 3.8) is 0 Å². The monoisotopic (exact) mass is 258 g/mol. The van der Waals surface area contributed by atoms with E-state index in [4.69, 9.17) is 34.8 Å². The molecule has 0 bridgehead atoms. The second-order valence-electron chi connectivity index (χ2n) is 3.07. The first-order valence-corrected chi connectivity index (χ1v) is 5.29. The van der Waals surface area contributed by atoms with E-state index >= 15 is 0 Å². The maximum Gasteiger partial charge on any atom is 0.151 e. The highest BCUT2D eigenvalue weighted by Gasteiger charge is 2.09. The molecule has 2 aromatic rings. The number of hydrogen-bond acceptors (Lipinski definition) is 1. The van der Waals surface area contributed by atoms with Crippen LogP contribution in [0.25, 0.3) is 10.8 Å². The van der Waals surface area contributed by atoms with Gasteiger partial charge in [0.2, 0.25) is 0 Å². The summed E-state index contributed by atoms with van der Waals surface area (Å²) in [5.41, 5.74) is 0.372. The zero-order chi connectivity index (χ0) is 11.0. The molecular formula is C11H5Cl3O. The quantitative estimate of drug-likeness (QED) is 0.683. The third kappa shape index (κ3) is 1.83. The van der Waals surface area contributed by atoms with Gasteiger partial charge >= 0.3 is 0 Å². The van der Waals surface area contributed by atoms with E-state index in [-0.39, 0.29) is 0 Å². The van der Waals surface area contributed by atoms with E-state index in [0.29, 0.717) is 32.3 Å². The minimum atomic E-state index is 0.372. The van der Waals surface area contributed by atoms with E-state index in [1.807, 2.05) is 0 Å². The summed E-state index contributed by atoms with van der Waals surface area (Å²) in [7, 11) is 0. The molecule has 0 N–H and O–H groups in total. The number of fused-ring (bicyclic) bond motifs is 1. The molecule has 0 saturated carbocycles. The lowest BCUT2D eigenvalue weighted by atomic mass is 10.1. The molecule has 0 aromatic heterocycles. The van der Waals surface area contributed by atoms with Crippen molar-refractivity contribution in [1.82, 2.24) is 0 Å². The molecule has 2 rings (SSSR count). The minimum Gasteiger partial charge on any atom is -0.298 e. The standard InChI is InChI=1S/C11H5Cl3O/c12-7-1-2-8-9(4-7)11(14)6(5-15)3-10(8)13/h1-5H. The topological polar surface area (TPSA) is 17.1 Å². The van der Waals surface area contributed by atoms with Crippen LogP contribution in [0.1, 0.15) is 10.4 Å². The van der Waals surface area contributed by atoms with Crippen LogP contribution in [0.3, 0.4) is 0 Å². The van der Waals surface area contributed by atoms with Gasteiger partial charge in [0.1, 0.15) is 0 Å². The van der Waals surface area contributed by atoms with Crippen molar-refractivity contribution in [1.29, 1.82) is 0 Å². The zero-order valence-electron chi connectivity index (χ0n) is 7.43. The summed E-state index contributed by atoms with van der Waals surface area (Å²) >= 11 is 17.9. The molecule has 15 heavy (non-hydrogen) atoms. The molecule has 0 saturated heterocycles. The Morgan fingerprint density at radius 2 is 1.73 bits per heavy atom. The number of halogens is 3. The van der Waals surface area contributed by atoms with Gasteiger partial charge in [-0.05, 0) is 18.2 Å². The molecule has 0 amide bonds. The molecule has 0 aliphatic heterocycles. The fourth-order valence-electron chi connectivity index (χ4n) is 1.43. The smallest absolute Gasteiger partial charge is 0.151 e. The van der Waals surface area contributed by atoms with Crippen molar-refractivity contribution in [2.24, 2.45) is 0 Å². The van der Waals surface area contributed by atoms with Crippen LogP contribution in [-0.4, -0.2) is 6.29 Å². The van der Waals surface area contributed by atoms with E-state index < -0.39 is 0 Å². The van der Waals surface area contributed by atoms with E-state index in [0.717, 1.165) is 5.39 Å². The first kappa shape index (κ1) is 10.7. The Balaban J connectivity index is 2.94. The molecule has 0 aliphatic carbocycles. The summed E-state index contributed by atoms with van der Waals surface area (Å²) in [6.07, 6.45) is 0.675. The Hall–Kier alpha value is -0.760. The van der Waals surface area contributed by atoms with Crippen LogP contribution >= 0.6 is 34.8 Å². The summed E-state index contributed by atoms with van der Waals surface area (Å²) < 4.78 is 0. The van der Waals surface area contributed by atoms with Gasteiger partial charge in [0.05, 0.1) is 5.02 Å². The Bertz CT molecular complexity index is 549. The normalized spacial score (nSPS) is 10.6. The van der Waals surface area contributed by atoms with Crippen molar-refractivity contribution in [2.75, 3.05) is 0 Å². The summed E-state index contributed by atoms with van der Waals surface area (Å²) in [4.78, 5) is 10.7. The summed E-state index contributed by atoms with van der Waals surface area (Å²) in [6.45, 7) is 0. The first-order valence-electron chi connectivity index (χ1n) is 4.16. The lowest BCUT2D eigenvalue weighted by Gasteiger charge is -2.05. The SMILES string of the molecule is O=Cc1cc(Cl)c2ccc(Cl)cc2c1Cl. The van der Waals surface area contributed by atoms with Crippen LogP contribution < -0.4 is 0 Å². The van der Waals surface area contributed by atoms with E-state index in [2.05, 4.69) is 0 Å². The maximum atomic E-state index is 10.7. The molecule has 4 heteroatoms. The third-order valence-corrected chi connectivity index (χ3v) is 3.11. The molecule has 76 valence electrons. The van der Waals surface area contributed by atoms with Gasteiger partial charge in [0.25, 0.3) is 0 Å². The van der Waals surface area contributed by atoms with E-state index in [1.54, 1.807) is 24.3 Å². The van der Waals surface area contributed by atoms with Crippen molar-refractivity contribution >= 4 is 51.9 Å². The van der Waals surface area contributed by atoms with Crippen molar-refractivity contribution in [3.8, 4) is 0 Å². The molecule has 0 fully saturated rings. The predicted octanol–water partition coefficient (Wildman–Crippen LogP) is 4.61. The largest absolute Gasteiger partial charge is 0.298 e. The summed E-state index contributed by atoms with van der Waals surface area (Å²) in [6, 6.07) is 6.75. The highest BCUT2D eigenvalue weighted by molar-refractivity contribution is 6.42.